The van der Waals surface area contributed by atoms with Crippen molar-refractivity contribution >= 4 is 26.0 Å². The van der Waals surface area contributed by atoms with Crippen LogP contribution >= 0.6 is 7.82 Å². The first kappa shape index (κ1) is 24.4. The number of amides is 1. The fourth-order valence-electron chi connectivity index (χ4n) is 2.67. The van der Waals surface area contributed by atoms with Crippen molar-refractivity contribution in [2.75, 3.05) is 6.61 Å². The fourth-order valence-corrected chi connectivity index (χ4v) is 3.00. The van der Waals surface area contributed by atoms with Crippen LogP contribution in [0.1, 0.15) is 0 Å². The van der Waals surface area contributed by atoms with Crippen molar-refractivity contribution in [3.8, 4) is 0 Å². The molecular weight excluding hydrogens is 395 g/mol. The Morgan fingerprint density at radius 2 is 2.04 bits per heavy atom. The number of carbonyl (C=O) groups is 1. The van der Waals surface area contributed by atoms with Crippen LogP contribution in [-0.2, 0) is 18.6 Å². The largest absolute Gasteiger partial charge is 1.00 e. The zero-order chi connectivity index (χ0) is 17.6. The summed E-state index contributed by atoms with van der Waals surface area (Å²) >= 11 is 0. The Labute approximate surface area is 191 Å². The monoisotopic (exact) mass is 409 g/mol. The van der Waals surface area contributed by atoms with Crippen LogP contribution in [0.2, 0.25) is 0 Å². The minimum Gasteiger partial charge on any atom is -0.790 e. The van der Waals surface area contributed by atoms with Gasteiger partial charge in [-0.3, -0.25) is 15.1 Å². The van der Waals surface area contributed by atoms with Gasteiger partial charge in [-0.05, 0) is 0 Å². The number of nitrogens with two attached hydrogens (primary N) is 1. The molecule has 1 fully saturated rings. The minimum atomic E-state index is -5.25. The van der Waals surface area contributed by atoms with Gasteiger partial charge in [0.25, 0.3) is 5.91 Å². The number of aliphatic hydroxyl groups excluding tert-OH is 2. The van der Waals surface area contributed by atoms with Crippen LogP contribution < -0.4 is 80.0 Å². The van der Waals surface area contributed by atoms with Crippen LogP contribution in [0.3, 0.4) is 0 Å². The Kier molecular flexibility index (Phi) is 8.71. The third-order valence-corrected chi connectivity index (χ3v) is 4.23. The number of nitrogens with one attached hydrogen (secondary N) is 1. The summed E-state index contributed by atoms with van der Waals surface area (Å²) in [5.41, 5.74) is 5.49. The molecule has 0 radical (unpaired) electrons. The standard InChI is InChI=1S/C10H16N5O8P.2Na/c11-10-13-7-4(8(18)14-10)12-2-15(7)9-6(17)5(16)3(23-9)1-22-24(19,20)21;;/h2-7,9,16-17H,1H2,(H2,19,20,21)(H3,11,13,14,18);;/q;2*+1/p-2/t3-,4?,5-,6-,7?,9-;;/m1../s1. The van der Waals surface area contributed by atoms with E-state index in [0.717, 1.165) is 0 Å². The molecule has 3 aliphatic heterocycles. The Balaban J connectivity index is 0.00000169. The topological polar surface area (TPSA) is 205 Å². The maximum atomic E-state index is 11.8. The number of aliphatic hydroxyl groups is 2. The molecule has 13 nitrogen and oxygen atoms in total. The van der Waals surface area contributed by atoms with E-state index in [-0.39, 0.29) is 65.1 Å². The van der Waals surface area contributed by atoms with Crippen molar-refractivity contribution in [2.24, 2.45) is 15.7 Å². The van der Waals surface area contributed by atoms with Crippen molar-refractivity contribution < 1.29 is 97.7 Å². The van der Waals surface area contributed by atoms with Gasteiger partial charge in [0.2, 0.25) is 0 Å². The molecule has 16 heteroatoms. The maximum absolute atomic E-state index is 11.8. The zero-order valence-corrected chi connectivity index (χ0v) is 18.9. The van der Waals surface area contributed by atoms with E-state index in [1.807, 2.05) is 0 Å². The van der Waals surface area contributed by atoms with Crippen LogP contribution in [0.4, 0.5) is 0 Å². The summed E-state index contributed by atoms with van der Waals surface area (Å²) in [6.07, 6.45) is -5.13. The van der Waals surface area contributed by atoms with Crippen LogP contribution in [0.5, 0.6) is 0 Å². The first-order chi connectivity index (χ1) is 11.2. The van der Waals surface area contributed by atoms with Crippen molar-refractivity contribution in [3.05, 3.63) is 0 Å². The number of nitrogens with zero attached hydrogens (tertiary/aromatic N) is 3. The molecule has 0 saturated carbocycles. The van der Waals surface area contributed by atoms with Gasteiger partial charge in [-0.2, -0.15) is 0 Å². The van der Waals surface area contributed by atoms with Gasteiger partial charge >= 0.3 is 59.1 Å². The molecule has 0 aliphatic carbocycles. The smallest absolute Gasteiger partial charge is 0.790 e. The van der Waals surface area contributed by atoms with Gasteiger partial charge in [0.15, 0.2) is 24.4 Å². The van der Waals surface area contributed by atoms with Crippen molar-refractivity contribution in [1.82, 2.24) is 10.2 Å². The average molecular weight is 409 g/mol. The van der Waals surface area contributed by atoms with Crippen molar-refractivity contribution in [3.63, 3.8) is 0 Å². The predicted octanol–water partition coefficient (Wildman–Crippen LogP) is -11.2. The van der Waals surface area contributed by atoms with E-state index in [9.17, 15) is 29.4 Å². The van der Waals surface area contributed by atoms with Crippen molar-refractivity contribution in [1.29, 1.82) is 0 Å². The molecular formula is C10H14N5Na2O8P. The van der Waals surface area contributed by atoms with E-state index in [2.05, 4.69) is 19.8 Å². The molecule has 2 unspecified atom stereocenters. The van der Waals surface area contributed by atoms with Gasteiger partial charge in [-0.25, -0.2) is 4.99 Å². The average Bonchev–Trinajstić information content (AvgIpc) is 3.00. The molecule has 3 aliphatic rings. The predicted molar refractivity (Wildman–Crippen MR) is 71.9 cm³/mol. The van der Waals surface area contributed by atoms with E-state index in [1.54, 1.807) is 0 Å². The number of carbonyl (C=O) groups excluding carboxylic acids is 1. The number of phosphoric acid groups is 1. The van der Waals surface area contributed by atoms with Gasteiger partial charge in [-0.15, -0.1) is 0 Å². The van der Waals surface area contributed by atoms with Gasteiger partial charge in [0, 0.05) is 0 Å². The summed E-state index contributed by atoms with van der Waals surface area (Å²) < 4.78 is 19.9. The molecule has 6 atom stereocenters. The normalized spacial score (nSPS) is 35.9. The van der Waals surface area contributed by atoms with E-state index in [0.29, 0.717) is 0 Å². The number of guanidine groups is 1. The third kappa shape index (κ3) is 5.06. The second-order valence-electron chi connectivity index (χ2n) is 5.36. The van der Waals surface area contributed by atoms with Crippen LogP contribution in [0.15, 0.2) is 9.98 Å². The Bertz CT molecular complexity index is 647. The second-order valence-corrected chi connectivity index (χ2v) is 6.52. The summed E-state index contributed by atoms with van der Waals surface area (Å²) in [5, 5.41) is 22.3. The summed E-state index contributed by atoms with van der Waals surface area (Å²) in [7, 11) is -5.25. The molecule has 1 saturated heterocycles. The molecule has 3 rings (SSSR count). The quantitative estimate of drug-likeness (QED) is 0.255. The van der Waals surface area contributed by atoms with Gasteiger partial charge < -0.3 is 44.5 Å². The van der Waals surface area contributed by atoms with E-state index in [4.69, 9.17) is 10.5 Å². The first-order valence-corrected chi connectivity index (χ1v) is 8.26. The number of fused-ring (bicyclic) bond motifs is 1. The molecule has 0 spiro atoms. The molecule has 0 bridgehead atoms. The third-order valence-electron chi connectivity index (χ3n) is 3.77. The molecule has 0 aromatic rings. The Morgan fingerprint density at radius 1 is 1.38 bits per heavy atom. The Hall–Kier alpha value is 0.400. The van der Waals surface area contributed by atoms with Gasteiger partial charge in [-0.1, -0.05) is 0 Å². The van der Waals surface area contributed by atoms with E-state index >= 15 is 0 Å². The van der Waals surface area contributed by atoms with Crippen LogP contribution in [0.25, 0.3) is 0 Å². The number of hydrogen-bond donors (Lipinski definition) is 4. The molecule has 134 valence electrons. The molecule has 0 aromatic heterocycles. The van der Waals surface area contributed by atoms with Gasteiger partial charge in [0.1, 0.15) is 18.3 Å². The van der Waals surface area contributed by atoms with E-state index < -0.39 is 57.1 Å². The molecule has 3 heterocycles. The van der Waals surface area contributed by atoms with E-state index in [1.165, 1.54) is 11.2 Å². The minimum absolute atomic E-state index is 0. The first-order valence-electron chi connectivity index (χ1n) is 6.80. The van der Waals surface area contributed by atoms with Gasteiger partial charge in [0.05, 0.1) is 20.8 Å². The fraction of sp³-hybridized carbons (Fsp3) is 0.700. The van der Waals surface area contributed by atoms with Crippen LogP contribution in [-0.4, -0.2) is 76.7 Å². The summed E-state index contributed by atoms with van der Waals surface area (Å²) in [6, 6.07) is -0.899. The molecule has 1 amide bonds. The molecule has 0 aromatic carbocycles. The zero-order valence-electron chi connectivity index (χ0n) is 14.0. The summed E-state index contributed by atoms with van der Waals surface area (Å²) in [5.74, 6) is -0.624. The number of rotatable bonds is 4. The number of phosphoric ester groups is 1. The molecule has 26 heavy (non-hydrogen) atoms. The summed E-state index contributed by atoms with van der Waals surface area (Å²) in [4.78, 5) is 42.0. The maximum Gasteiger partial charge on any atom is 1.00 e. The number of aliphatic imine (C=N–C) groups is 2. The SMILES string of the molecule is NC1=NC2C(N=CN2[C@@H]2O[C@H](COP(=O)([O-])[O-])[C@@H](O)[C@H]2O)C(=O)N1.[Na+].[Na+]. The number of ether oxygens (including phenoxy) is 1. The Morgan fingerprint density at radius 3 is 2.65 bits per heavy atom. The second kappa shape index (κ2) is 9.27. The van der Waals surface area contributed by atoms with Crippen molar-refractivity contribution in [2.45, 2.75) is 36.7 Å². The summed E-state index contributed by atoms with van der Waals surface area (Å²) in [6.45, 7) is -0.760. The van der Waals surface area contributed by atoms with Crippen LogP contribution in [0, 0.1) is 0 Å². The molecule has 5 N–H and O–H groups in total. The number of hydrogen-bond acceptors (Lipinski definition) is 12.